The van der Waals surface area contributed by atoms with E-state index in [2.05, 4.69) is 11.9 Å². The molecule has 0 amide bonds. The first-order valence-electron chi connectivity index (χ1n) is 3.12. The number of piperidine rings is 1. The summed E-state index contributed by atoms with van der Waals surface area (Å²) >= 11 is 0. The van der Waals surface area contributed by atoms with Gasteiger partial charge in [0.1, 0.15) is 0 Å². The molecule has 0 aromatic rings. The lowest BCUT2D eigenvalue weighted by molar-refractivity contribution is 0.135. The molecule has 0 aromatic heterocycles. The summed E-state index contributed by atoms with van der Waals surface area (Å²) in [5, 5.41) is 9.40. The number of hydrogen-bond donors (Lipinski definition) is 1. The third-order valence-electron chi connectivity index (χ3n) is 2.28. The van der Waals surface area contributed by atoms with Crippen molar-refractivity contribution in [2.24, 2.45) is 5.92 Å². The Morgan fingerprint density at radius 3 is 2.75 bits per heavy atom. The zero-order valence-corrected chi connectivity index (χ0v) is 5.09. The predicted molar refractivity (Wildman–Crippen MR) is 30.6 cm³/mol. The van der Waals surface area contributed by atoms with Crippen LogP contribution in [0.1, 0.15) is 6.42 Å². The molecule has 2 aliphatic rings. The second-order valence-electron chi connectivity index (χ2n) is 3.20. The molecule has 8 heavy (non-hydrogen) atoms. The highest BCUT2D eigenvalue weighted by molar-refractivity contribution is 5.10. The fourth-order valence-corrected chi connectivity index (χ4v) is 1.70. The second-order valence-corrected chi connectivity index (χ2v) is 3.20. The number of aliphatic hydroxyl groups is 1. The number of nitrogens with zero attached hydrogens (tertiary/aromatic N) is 1. The lowest BCUT2D eigenvalue weighted by Crippen LogP contribution is -2.22. The molecule has 2 fully saturated rings. The molecular formula is C6H11NO. The van der Waals surface area contributed by atoms with E-state index < -0.39 is 0 Å². The van der Waals surface area contributed by atoms with E-state index in [0.717, 1.165) is 19.5 Å². The minimum atomic E-state index is -0.241. The summed E-state index contributed by atoms with van der Waals surface area (Å²) in [4.78, 5) is 2.19. The van der Waals surface area contributed by atoms with Crippen molar-refractivity contribution in [3.8, 4) is 0 Å². The third-order valence-corrected chi connectivity index (χ3v) is 2.28. The van der Waals surface area contributed by atoms with E-state index in [9.17, 15) is 5.11 Å². The molecule has 0 bridgehead atoms. The molecule has 0 spiro atoms. The van der Waals surface area contributed by atoms with Gasteiger partial charge in [-0.1, -0.05) is 0 Å². The predicted octanol–water partition coefficient (Wildman–Crippen LogP) is -0.317. The number of hydrogen-bond acceptors (Lipinski definition) is 2. The summed E-state index contributed by atoms with van der Waals surface area (Å²) in [6, 6.07) is 0. The molecule has 2 atom stereocenters. The maximum absolute atomic E-state index is 9.40. The normalized spacial score (nSPS) is 54.0. The Morgan fingerprint density at radius 1 is 1.75 bits per heavy atom. The van der Waals surface area contributed by atoms with Crippen LogP contribution in [0.25, 0.3) is 0 Å². The van der Waals surface area contributed by atoms with Crippen molar-refractivity contribution in [3.05, 3.63) is 0 Å². The molecule has 1 N–H and O–H groups in total. The van der Waals surface area contributed by atoms with Crippen LogP contribution < -0.4 is 0 Å². The number of β-amino-alcohol motifs (C(OH)–C–C–N with tert-alkyl or cyclic N) is 1. The van der Waals surface area contributed by atoms with E-state index >= 15 is 0 Å². The van der Waals surface area contributed by atoms with Gasteiger partial charge in [0, 0.05) is 19.0 Å². The molecule has 1 saturated heterocycles. The maximum atomic E-state index is 9.40. The Labute approximate surface area is 49.1 Å². The standard InChI is InChI=1S/C6H11NO/c1-7-3-5-2-6(5,8)4-7/h5,8H,2-4H2,1H3/t5-,6-/m1/s1. The van der Waals surface area contributed by atoms with Gasteiger partial charge in [0.05, 0.1) is 5.60 Å². The maximum Gasteiger partial charge on any atom is 0.0819 e. The first-order chi connectivity index (χ1) is 3.71. The van der Waals surface area contributed by atoms with Crippen molar-refractivity contribution >= 4 is 0 Å². The van der Waals surface area contributed by atoms with Crippen LogP contribution in [-0.2, 0) is 0 Å². The third kappa shape index (κ3) is 0.446. The number of likely N-dealkylation sites (N-methyl/N-ethyl adjacent to an activating group) is 1. The Kier molecular flexibility index (Phi) is 0.649. The molecular weight excluding hydrogens is 102 g/mol. The van der Waals surface area contributed by atoms with E-state index in [0.29, 0.717) is 5.92 Å². The van der Waals surface area contributed by atoms with Gasteiger partial charge in [-0.05, 0) is 13.5 Å². The molecule has 0 aromatic carbocycles. The average molecular weight is 113 g/mol. The zero-order chi connectivity index (χ0) is 5.78. The van der Waals surface area contributed by atoms with E-state index in [4.69, 9.17) is 0 Å². The van der Waals surface area contributed by atoms with Crippen LogP contribution in [0.2, 0.25) is 0 Å². The number of likely N-dealkylation sites (tertiary alicyclic amines) is 1. The van der Waals surface area contributed by atoms with E-state index in [1.54, 1.807) is 0 Å². The molecule has 1 saturated carbocycles. The Bertz CT molecular complexity index is 126. The molecule has 0 unspecified atom stereocenters. The highest BCUT2D eigenvalue weighted by Crippen LogP contribution is 2.48. The number of fused-ring (bicyclic) bond motifs is 1. The molecule has 2 nitrogen and oxygen atoms in total. The lowest BCUT2D eigenvalue weighted by atomic mass is 10.3. The molecule has 46 valence electrons. The average Bonchev–Trinajstić information content (AvgIpc) is 2.07. The van der Waals surface area contributed by atoms with Gasteiger partial charge >= 0.3 is 0 Å². The molecule has 1 heterocycles. The van der Waals surface area contributed by atoms with Gasteiger partial charge in [-0.15, -0.1) is 0 Å². The van der Waals surface area contributed by atoms with Crippen LogP contribution in [0.3, 0.4) is 0 Å². The summed E-state index contributed by atoms with van der Waals surface area (Å²) in [6.07, 6.45) is 1.05. The zero-order valence-electron chi connectivity index (χ0n) is 5.09. The van der Waals surface area contributed by atoms with Gasteiger partial charge < -0.3 is 10.0 Å². The summed E-state index contributed by atoms with van der Waals surface area (Å²) in [7, 11) is 2.06. The smallest absolute Gasteiger partial charge is 0.0819 e. The van der Waals surface area contributed by atoms with Gasteiger partial charge in [0.2, 0.25) is 0 Å². The first-order valence-corrected chi connectivity index (χ1v) is 3.12. The van der Waals surface area contributed by atoms with Gasteiger partial charge in [-0.2, -0.15) is 0 Å². The van der Waals surface area contributed by atoms with Crippen molar-refractivity contribution in [2.45, 2.75) is 12.0 Å². The Morgan fingerprint density at radius 2 is 2.50 bits per heavy atom. The monoisotopic (exact) mass is 113 g/mol. The minimum Gasteiger partial charge on any atom is -0.388 e. The highest BCUT2D eigenvalue weighted by atomic mass is 16.3. The van der Waals surface area contributed by atoms with Crippen LogP contribution in [0.5, 0.6) is 0 Å². The summed E-state index contributed by atoms with van der Waals surface area (Å²) in [6.45, 7) is 2.01. The SMILES string of the molecule is CN1C[C@H]2C[C@@]2(O)C1. The molecule has 2 heteroatoms. The fourth-order valence-electron chi connectivity index (χ4n) is 1.70. The molecule has 1 aliphatic heterocycles. The second kappa shape index (κ2) is 1.09. The van der Waals surface area contributed by atoms with Crippen LogP contribution in [0, 0.1) is 5.92 Å². The summed E-state index contributed by atoms with van der Waals surface area (Å²) in [5.74, 6) is 0.618. The lowest BCUT2D eigenvalue weighted by Gasteiger charge is -2.09. The van der Waals surface area contributed by atoms with E-state index in [1.165, 1.54) is 0 Å². The van der Waals surface area contributed by atoms with Crippen LogP contribution in [-0.4, -0.2) is 35.7 Å². The quantitative estimate of drug-likeness (QED) is 0.465. The van der Waals surface area contributed by atoms with Gasteiger partial charge in [0.15, 0.2) is 0 Å². The van der Waals surface area contributed by atoms with E-state index in [-0.39, 0.29) is 5.60 Å². The van der Waals surface area contributed by atoms with Crippen LogP contribution in [0.4, 0.5) is 0 Å². The number of rotatable bonds is 0. The fraction of sp³-hybridized carbons (Fsp3) is 1.00. The van der Waals surface area contributed by atoms with Gasteiger partial charge in [-0.25, -0.2) is 0 Å². The van der Waals surface area contributed by atoms with Crippen molar-refractivity contribution in [2.75, 3.05) is 20.1 Å². The van der Waals surface area contributed by atoms with Crippen molar-refractivity contribution in [1.29, 1.82) is 0 Å². The van der Waals surface area contributed by atoms with Crippen molar-refractivity contribution in [1.82, 2.24) is 4.90 Å². The van der Waals surface area contributed by atoms with Crippen molar-refractivity contribution in [3.63, 3.8) is 0 Å². The molecule has 2 rings (SSSR count). The molecule has 1 aliphatic carbocycles. The highest BCUT2D eigenvalue weighted by Gasteiger charge is 2.57. The van der Waals surface area contributed by atoms with Crippen LogP contribution in [0.15, 0.2) is 0 Å². The summed E-state index contributed by atoms with van der Waals surface area (Å²) < 4.78 is 0. The topological polar surface area (TPSA) is 23.5 Å². The first kappa shape index (κ1) is 4.77. The molecule has 0 radical (unpaired) electrons. The Balaban J connectivity index is 2.10. The van der Waals surface area contributed by atoms with E-state index in [1.807, 2.05) is 0 Å². The Hall–Kier alpha value is -0.0800. The summed E-state index contributed by atoms with van der Waals surface area (Å²) in [5.41, 5.74) is -0.241. The minimum absolute atomic E-state index is 0.241. The largest absolute Gasteiger partial charge is 0.388 e. The van der Waals surface area contributed by atoms with Gasteiger partial charge in [-0.3, -0.25) is 0 Å². The van der Waals surface area contributed by atoms with Crippen LogP contribution >= 0.6 is 0 Å². The van der Waals surface area contributed by atoms with Crippen molar-refractivity contribution < 1.29 is 5.11 Å². The van der Waals surface area contributed by atoms with Gasteiger partial charge in [0.25, 0.3) is 0 Å².